The molecule has 0 saturated heterocycles. The van der Waals surface area contributed by atoms with Gasteiger partial charge in [0.1, 0.15) is 5.69 Å². The number of nitrogens with one attached hydrogen (secondary N) is 4. The van der Waals surface area contributed by atoms with Gasteiger partial charge in [0.25, 0.3) is 5.69 Å². The first-order chi connectivity index (χ1) is 10.9. The zero-order valence-electron chi connectivity index (χ0n) is 13.0. The van der Waals surface area contributed by atoms with Crippen molar-refractivity contribution in [2.24, 2.45) is 0 Å². The first kappa shape index (κ1) is 19.0. The molecule has 1 aromatic rings. The fraction of sp³-hybridized carbons (Fsp3) is 0.385. The largest absolute Gasteiger partial charge is 0.361 e. The standard InChI is InChI=1S/C13H20N6O2S2/c1-18(2)9-5-8-14-12(22)16-17-13(23)15-10-6-3-4-7-11(10)19(20)21/h3-4,6-7H,5,8-9H2,1-2H3,(H2,14,16,22)(H2,15,17,23). The molecule has 0 amide bonds. The van der Waals surface area contributed by atoms with Crippen LogP contribution in [0.2, 0.25) is 0 Å². The van der Waals surface area contributed by atoms with E-state index in [4.69, 9.17) is 24.4 Å². The molecule has 1 rings (SSSR count). The van der Waals surface area contributed by atoms with Crippen molar-refractivity contribution in [1.82, 2.24) is 21.1 Å². The molecule has 0 heterocycles. The van der Waals surface area contributed by atoms with Crippen molar-refractivity contribution in [1.29, 1.82) is 0 Å². The first-order valence-electron chi connectivity index (χ1n) is 6.89. The zero-order valence-corrected chi connectivity index (χ0v) is 14.6. The van der Waals surface area contributed by atoms with Gasteiger partial charge in [0.05, 0.1) is 4.92 Å². The minimum absolute atomic E-state index is 0.0546. The molecule has 0 unspecified atom stereocenters. The van der Waals surface area contributed by atoms with Crippen LogP contribution in [0.25, 0.3) is 0 Å². The van der Waals surface area contributed by atoms with Crippen LogP contribution in [0.15, 0.2) is 24.3 Å². The van der Waals surface area contributed by atoms with Gasteiger partial charge in [-0.25, -0.2) is 0 Å². The summed E-state index contributed by atoms with van der Waals surface area (Å²) in [6.07, 6.45) is 0.952. The lowest BCUT2D eigenvalue weighted by atomic mass is 10.3. The van der Waals surface area contributed by atoms with Gasteiger partial charge in [-0.3, -0.25) is 21.0 Å². The Bertz CT molecular complexity index is 567. The highest BCUT2D eigenvalue weighted by atomic mass is 32.1. The molecule has 0 fully saturated rings. The fourth-order valence-corrected chi connectivity index (χ4v) is 1.96. The Kier molecular flexibility index (Phi) is 8.16. The van der Waals surface area contributed by atoms with Crippen molar-refractivity contribution >= 4 is 46.0 Å². The molecule has 0 bridgehead atoms. The number of hydrazine groups is 1. The molecule has 0 aliphatic heterocycles. The molecule has 23 heavy (non-hydrogen) atoms. The summed E-state index contributed by atoms with van der Waals surface area (Å²) < 4.78 is 0. The molecule has 0 spiro atoms. The summed E-state index contributed by atoms with van der Waals surface area (Å²) in [6, 6.07) is 6.24. The number of hydrogen-bond acceptors (Lipinski definition) is 5. The molecule has 8 nitrogen and oxygen atoms in total. The maximum Gasteiger partial charge on any atom is 0.292 e. The Morgan fingerprint density at radius 3 is 2.52 bits per heavy atom. The number of nitrogens with zero attached hydrogens (tertiary/aromatic N) is 2. The Morgan fingerprint density at radius 2 is 1.87 bits per heavy atom. The van der Waals surface area contributed by atoms with E-state index < -0.39 is 4.92 Å². The van der Waals surface area contributed by atoms with Crippen molar-refractivity contribution in [2.75, 3.05) is 32.5 Å². The number of anilines is 1. The quantitative estimate of drug-likeness (QED) is 0.260. The highest BCUT2D eigenvalue weighted by Gasteiger charge is 2.13. The summed E-state index contributed by atoms with van der Waals surface area (Å²) in [4.78, 5) is 12.5. The maximum atomic E-state index is 10.9. The summed E-state index contributed by atoms with van der Waals surface area (Å²) in [5, 5.41) is 17.3. The second kappa shape index (κ2) is 9.87. The third kappa shape index (κ3) is 7.68. The van der Waals surface area contributed by atoms with Gasteiger partial charge in [-0.2, -0.15) is 0 Å². The topological polar surface area (TPSA) is 94.5 Å². The van der Waals surface area contributed by atoms with Crippen LogP contribution < -0.4 is 21.5 Å². The SMILES string of the molecule is CN(C)CCCNC(=S)NNC(=S)Nc1ccccc1[N+](=O)[O-]. The molecule has 0 atom stereocenters. The Hall–Kier alpha value is -2.04. The van der Waals surface area contributed by atoms with Gasteiger partial charge >= 0.3 is 0 Å². The van der Waals surface area contributed by atoms with E-state index in [1.807, 2.05) is 14.1 Å². The molecule has 10 heteroatoms. The fourth-order valence-electron chi connectivity index (χ4n) is 1.65. The van der Waals surface area contributed by atoms with Crippen LogP contribution in [0, 0.1) is 10.1 Å². The highest BCUT2D eigenvalue weighted by Crippen LogP contribution is 2.22. The first-order valence-corrected chi connectivity index (χ1v) is 7.71. The lowest BCUT2D eigenvalue weighted by molar-refractivity contribution is -0.383. The normalized spacial score (nSPS) is 10.0. The molecule has 0 aliphatic carbocycles. The van der Waals surface area contributed by atoms with Crippen LogP contribution in [-0.4, -0.2) is 47.2 Å². The van der Waals surface area contributed by atoms with Crippen molar-refractivity contribution in [3.8, 4) is 0 Å². The summed E-state index contributed by atoms with van der Waals surface area (Å²) in [5.74, 6) is 0. The average Bonchev–Trinajstić information content (AvgIpc) is 2.49. The van der Waals surface area contributed by atoms with E-state index in [9.17, 15) is 10.1 Å². The monoisotopic (exact) mass is 356 g/mol. The van der Waals surface area contributed by atoms with E-state index in [0.29, 0.717) is 10.8 Å². The molecule has 1 aromatic carbocycles. The second-order valence-corrected chi connectivity index (χ2v) is 5.71. The highest BCUT2D eigenvalue weighted by molar-refractivity contribution is 7.80. The number of nitro benzene ring substituents is 1. The van der Waals surface area contributed by atoms with E-state index in [1.165, 1.54) is 6.07 Å². The Balaban J connectivity index is 2.35. The Morgan fingerprint density at radius 1 is 1.22 bits per heavy atom. The third-order valence-corrected chi connectivity index (χ3v) is 3.16. The minimum Gasteiger partial charge on any atom is -0.361 e. The molecular formula is C13H20N6O2S2. The molecular weight excluding hydrogens is 336 g/mol. The lowest BCUT2D eigenvalue weighted by Gasteiger charge is -2.15. The molecule has 4 N–H and O–H groups in total. The maximum absolute atomic E-state index is 10.9. The van der Waals surface area contributed by atoms with Gasteiger partial charge < -0.3 is 15.5 Å². The summed E-state index contributed by atoms with van der Waals surface area (Å²) in [5.41, 5.74) is 5.66. The van der Waals surface area contributed by atoms with E-state index >= 15 is 0 Å². The average molecular weight is 356 g/mol. The van der Waals surface area contributed by atoms with Crippen LogP contribution in [0.5, 0.6) is 0 Å². The number of thiocarbonyl (C=S) groups is 2. The number of rotatable bonds is 6. The second-order valence-electron chi connectivity index (χ2n) is 4.89. The number of benzene rings is 1. The van der Waals surface area contributed by atoms with Crippen LogP contribution in [0.4, 0.5) is 11.4 Å². The van der Waals surface area contributed by atoms with Crippen molar-refractivity contribution in [3.05, 3.63) is 34.4 Å². The lowest BCUT2D eigenvalue weighted by Crippen LogP contribution is -2.48. The van der Waals surface area contributed by atoms with Gasteiger partial charge in [-0.1, -0.05) is 12.1 Å². The summed E-state index contributed by atoms with van der Waals surface area (Å²) in [7, 11) is 4.01. The minimum atomic E-state index is -0.477. The number of para-hydroxylation sites is 2. The summed E-state index contributed by atoms with van der Waals surface area (Å²) >= 11 is 10.2. The zero-order chi connectivity index (χ0) is 17.2. The van der Waals surface area contributed by atoms with Gasteiger partial charge in [0, 0.05) is 12.6 Å². The van der Waals surface area contributed by atoms with Crippen LogP contribution in [-0.2, 0) is 0 Å². The van der Waals surface area contributed by atoms with Gasteiger partial charge in [-0.15, -0.1) is 0 Å². The Labute approximate surface area is 145 Å². The summed E-state index contributed by atoms with van der Waals surface area (Å²) in [6.45, 7) is 1.69. The van der Waals surface area contributed by atoms with Gasteiger partial charge in [-0.05, 0) is 57.6 Å². The van der Waals surface area contributed by atoms with Crippen LogP contribution >= 0.6 is 24.4 Å². The molecule has 0 radical (unpaired) electrons. The molecule has 126 valence electrons. The smallest absolute Gasteiger partial charge is 0.292 e. The van der Waals surface area contributed by atoms with E-state index in [0.717, 1.165) is 19.5 Å². The van der Waals surface area contributed by atoms with Crippen LogP contribution in [0.1, 0.15) is 6.42 Å². The van der Waals surface area contributed by atoms with E-state index in [-0.39, 0.29) is 10.8 Å². The predicted molar refractivity (Wildman–Crippen MR) is 99.4 cm³/mol. The number of nitro groups is 1. The molecule has 0 aliphatic rings. The van der Waals surface area contributed by atoms with Crippen molar-refractivity contribution in [2.45, 2.75) is 6.42 Å². The van der Waals surface area contributed by atoms with Crippen molar-refractivity contribution < 1.29 is 4.92 Å². The third-order valence-electron chi connectivity index (χ3n) is 2.71. The van der Waals surface area contributed by atoms with Crippen LogP contribution in [0.3, 0.4) is 0 Å². The predicted octanol–water partition coefficient (Wildman–Crippen LogP) is 1.21. The molecule has 0 aromatic heterocycles. The van der Waals surface area contributed by atoms with Crippen molar-refractivity contribution in [3.63, 3.8) is 0 Å². The van der Waals surface area contributed by atoms with Gasteiger partial charge in [0.2, 0.25) is 0 Å². The van der Waals surface area contributed by atoms with Gasteiger partial charge in [0.15, 0.2) is 10.2 Å². The van der Waals surface area contributed by atoms with E-state index in [2.05, 4.69) is 26.4 Å². The number of hydrogen-bond donors (Lipinski definition) is 4. The molecule has 0 saturated carbocycles. The van der Waals surface area contributed by atoms with E-state index in [1.54, 1.807) is 18.2 Å².